The van der Waals surface area contributed by atoms with Crippen LogP contribution in [0, 0.1) is 5.82 Å². The van der Waals surface area contributed by atoms with Crippen LogP contribution in [0.2, 0.25) is 0 Å². The minimum Gasteiger partial charge on any atom is -0.457 e. The summed E-state index contributed by atoms with van der Waals surface area (Å²) in [6.45, 7) is 2.45. The molecule has 0 atom stereocenters. The predicted molar refractivity (Wildman–Crippen MR) is 176 cm³/mol. The number of anilines is 3. The van der Waals surface area contributed by atoms with E-state index < -0.39 is 10.0 Å². The fourth-order valence-electron chi connectivity index (χ4n) is 5.17. The SMILES string of the molecule is CSc1cccc(N(C(=O)Nc2ccc(F)cc2)C2CCN(Cc3ccc(Oc4ccc(NS(C)(=O)=O)cc4)cc3)CC2)c1. The number of thioether (sulfide) groups is 1. The van der Waals surface area contributed by atoms with Gasteiger partial charge in [-0.15, -0.1) is 11.8 Å². The number of carbonyl (C=O) groups is 1. The van der Waals surface area contributed by atoms with Crippen LogP contribution in [-0.4, -0.2) is 51.0 Å². The molecule has 2 N–H and O–H groups in total. The largest absolute Gasteiger partial charge is 0.457 e. The third-order valence-electron chi connectivity index (χ3n) is 7.29. The minimum absolute atomic E-state index is 0.0126. The molecule has 1 aliphatic rings. The van der Waals surface area contributed by atoms with Gasteiger partial charge in [0.15, 0.2) is 0 Å². The molecule has 0 aromatic heterocycles. The van der Waals surface area contributed by atoms with Crippen molar-refractivity contribution in [2.24, 2.45) is 0 Å². The number of benzene rings is 4. The number of carbonyl (C=O) groups excluding carboxylic acids is 1. The summed E-state index contributed by atoms with van der Waals surface area (Å²) in [4.78, 5) is 18.9. The Kier molecular flexibility index (Phi) is 10.1. The molecular formula is C33H35FN4O4S2. The topological polar surface area (TPSA) is 91.0 Å². The Morgan fingerprint density at radius 3 is 2.16 bits per heavy atom. The summed E-state index contributed by atoms with van der Waals surface area (Å²) in [7, 11) is -3.33. The van der Waals surface area contributed by atoms with Gasteiger partial charge in [-0.2, -0.15) is 0 Å². The highest BCUT2D eigenvalue weighted by Crippen LogP contribution is 2.29. The molecule has 2 amide bonds. The number of nitrogens with one attached hydrogen (secondary N) is 2. The summed E-state index contributed by atoms with van der Waals surface area (Å²) < 4.78 is 44.6. The Balaban J connectivity index is 1.19. The molecule has 4 aromatic rings. The van der Waals surface area contributed by atoms with Crippen molar-refractivity contribution < 1.29 is 22.3 Å². The van der Waals surface area contributed by atoms with Crippen LogP contribution in [0.3, 0.4) is 0 Å². The maximum atomic E-state index is 13.6. The highest BCUT2D eigenvalue weighted by atomic mass is 32.2. The normalized spacial score (nSPS) is 14.2. The number of rotatable bonds is 10. The fraction of sp³-hybridized carbons (Fsp3) is 0.242. The molecule has 0 radical (unpaired) electrons. The van der Waals surface area contributed by atoms with Gasteiger partial charge < -0.3 is 10.1 Å². The van der Waals surface area contributed by atoms with Crippen molar-refractivity contribution in [1.29, 1.82) is 0 Å². The number of halogens is 1. The molecule has 4 aromatic carbocycles. The lowest BCUT2D eigenvalue weighted by Gasteiger charge is -2.38. The average molecular weight is 635 g/mol. The lowest BCUT2D eigenvalue weighted by Crippen LogP contribution is -2.49. The first-order valence-electron chi connectivity index (χ1n) is 14.2. The number of hydrogen-bond acceptors (Lipinski definition) is 6. The number of piperidine rings is 1. The van der Waals surface area contributed by atoms with Crippen LogP contribution in [0.5, 0.6) is 11.5 Å². The number of nitrogens with zero attached hydrogens (tertiary/aromatic N) is 2. The smallest absolute Gasteiger partial charge is 0.326 e. The van der Waals surface area contributed by atoms with Gasteiger partial charge in [-0.05, 0) is 104 Å². The summed E-state index contributed by atoms with van der Waals surface area (Å²) in [6.07, 6.45) is 4.74. The van der Waals surface area contributed by atoms with Gasteiger partial charge in [-0.1, -0.05) is 18.2 Å². The van der Waals surface area contributed by atoms with Crippen molar-refractivity contribution in [2.45, 2.75) is 30.3 Å². The molecule has 44 heavy (non-hydrogen) atoms. The molecule has 11 heteroatoms. The second kappa shape index (κ2) is 14.1. The Morgan fingerprint density at radius 1 is 0.932 bits per heavy atom. The minimum atomic E-state index is -3.33. The lowest BCUT2D eigenvalue weighted by atomic mass is 10.0. The number of hydrogen-bond donors (Lipinski definition) is 2. The molecule has 1 aliphatic heterocycles. The first kappa shape index (κ1) is 31.4. The maximum absolute atomic E-state index is 13.6. The lowest BCUT2D eigenvalue weighted by molar-refractivity contribution is 0.199. The Hall–Kier alpha value is -4.06. The zero-order valence-electron chi connectivity index (χ0n) is 24.6. The van der Waals surface area contributed by atoms with Gasteiger partial charge in [0.25, 0.3) is 0 Å². The van der Waals surface area contributed by atoms with Gasteiger partial charge in [0.05, 0.1) is 6.26 Å². The van der Waals surface area contributed by atoms with Crippen LogP contribution in [0.15, 0.2) is 102 Å². The molecular weight excluding hydrogens is 600 g/mol. The third kappa shape index (κ3) is 8.75. The van der Waals surface area contributed by atoms with Crippen LogP contribution in [0.4, 0.5) is 26.2 Å². The molecule has 0 spiro atoms. The van der Waals surface area contributed by atoms with E-state index in [4.69, 9.17) is 4.74 Å². The molecule has 0 unspecified atom stereocenters. The van der Waals surface area contributed by atoms with E-state index in [-0.39, 0.29) is 17.9 Å². The van der Waals surface area contributed by atoms with Crippen molar-refractivity contribution in [1.82, 2.24) is 4.90 Å². The first-order chi connectivity index (χ1) is 21.1. The monoisotopic (exact) mass is 634 g/mol. The fourth-order valence-corrected chi connectivity index (χ4v) is 6.19. The van der Waals surface area contributed by atoms with Crippen molar-refractivity contribution in [3.8, 4) is 11.5 Å². The average Bonchev–Trinajstić information content (AvgIpc) is 3.01. The molecule has 1 fully saturated rings. The Labute approximate surface area is 262 Å². The van der Waals surface area contributed by atoms with Crippen LogP contribution in [0.1, 0.15) is 18.4 Å². The molecule has 0 bridgehead atoms. The molecule has 8 nitrogen and oxygen atoms in total. The highest BCUT2D eigenvalue weighted by Gasteiger charge is 2.29. The summed E-state index contributed by atoms with van der Waals surface area (Å²) in [5.74, 6) is 0.944. The first-order valence-corrected chi connectivity index (χ1v) is 17.3. The molecule has 1 saturated heterocycles. The number of likely N-dealkylation sites (tertiary alicyclic amines) is 1. The van der Waals surface area contributed by atoms with Crippen molar-refractivity contribution in [3.63, 3.8) is 0 Å². The van der Waals surface area contributed by atoms with Crippen molar-refractivity contribution in [2.75, 3.05) is 40.5 Å². The zero-order valence-corrected chi connectivity index (χ0v) is 26.2. The predicted octanol–water partition coefficient (Wildman–Crippen LogP) is 7.41. The van der Waals surface area contributed by atoms with Gasteiger partial charge >= 0.3 is 6.03 Å². The summed E-state index contributed by atoms with van der Waals surface area (Å²) in [6, 6.07) is 28.2. The van der Waals surface area contributed by atoms with E-state index in [1.54, 1.807) is 48.2 Å². The maximum Gasteiger partial charge on any atom is 0.326 e. The van der Waals surface area contributed by atoms with Crippen LogP contribution in [-0.2, 0) is 16.6 Å². The van der Waals surface area contributed by atoms with Gasteiger partial charge in [-0.25, -0.2) is 17.6 Å². The number of amides is 2. The van der Waals surface area contributed by atoms with E-state index in [1.807, 2.05) is 59.7 Å². The van der Waals surface area contributed by atoms with Gasteiger partial charge in [-0.3, -0.25) is 14.5 Å². The number of ether oxygens (including phenoxy) is 1. The van der Waals surface area contributed by atoms with E-state index in [0.29, 0.717) is 22.9 Å². The standard InChI is InChI=1S/C33H35FN4O4S2/c1-43-32-5-3-4-29(22-32)38(33(39)35-26-10-8-25(34)9-11-26)28-18-20-37(21-19-28)23-24-6-14-30(15-7-24)42-31-16-12-27(13-17-31)36-44(2,40)41/h3-17,22,28,36H,18-21,23H2,1-2H3,(H,35,39). The van der Waals surface area contributed by atoms with Gasteiger partial charge in [0.1, 0.15) is 17.3 Å². The van der Waals surface area contributed by atoms with Crippen molar-refractivity contribution >= 4 is 44.9 Å². The van der Waals surface area contributed by atoms with Crippen LogP contribution < -0.4 is 19.7 Å². The van der Waals surface area contributed by atoms with Gasteiger partial charge in [0, 0.05) is 47.6 Å². The third-order valence-corrected chi connectivity index (χ3v) is 8.62. The molecule has 0 saturated carbocycles. The van der Waals surface area contributed by atoms with Crippen LogP contribution >= 0.6 is 11.8 Å². The Morgan fingerprint density at radius 2 is 1.55 bits per heavy atom. The zero-order chi connectivity index (χ0) is 31.1. The number of sulfonamides is 1. The summed E-state index contributed by atoms with van der Waals surface area (Å²) in [5, 5.41) is 2.95. The van der Waals surface area contributed by atoms with Crippen molar-refractivity contribution in [3.05, 3.63) is 108 Å². The van der Waals surface area contributed by atoms with Gasteiger partial charge in [0.2, 0.25) is 10.0 Å². The summed E-state index contributed by atoms with van der Waals surface area (Å²) >= 11 is 1.63. The van der Waals surface area contributed by atoms with Crippen LogP contribution in [0.25, 0.3) is 0 Å². The second-order valence-electron chi connectivity index (χ2n) is 10.7. The second-order valence-corrected chi connectivity index (χ2v) is 13.3. The quantitative estimate of drug-likeness (QED) is 0.177. The highest BCUT2D eigenvalue weighted by molar-refractivity contribution is 7.98. The molecule has 1 heterocycles. The molecule has 230 valence electrons. The van der Waals surface area contributed by atoms with E-state index in [0.717, 1.165) is 54.9 Å². The van der Waals surface area contributed by atoms with E-state index >= 15 is 0 Å². The molecule has 5 rings (SSSR count). The van der Waals surface area contributed by atoms with E-state index in [2.05, 4.69) is 14.9 Å². The summed E-state index contributed by atoms with van der Waals surface area (Å²) in [5.41, 5.74) is 3.02. The van der Waals surface area contributed by atoms with E-state index in [9.17, 15) is 17.6 Å². The Bertz CT molecular complexity index is 1660. The number of urea groups is 1. The molecule has 0 aliphatic carbocycles. The van der Waals surface area contributed by atoms with E-state index in [1.165, 1.54) is 12.1 Å².